The van der Waals surface area contributed by atoms with Crippen molar-refractivity contribution in [3.8, 4) is 11.5 Å². The van der Waals surface area contributed by atoms with Crippen molar-refractivity contribution >= 4 is 6.29 Å². The van der Waals surface area contributed by atoms with Crippen LogP contribution in [0.5, 0.6) is 11.5 Å². The van der Waals surface area contributed by atoms with Gasteiger partial charge in [0.25, 0.3) is 0 Å². The molecule has 23 heavy (non-hydrogen) atoms. The fourth-order valence-electron chi connectivity index (χ4n) is 5.22. The Balaban J connectivity index is 2.26. The maximum absolute atomic E-state index is 12.3. The van der Waals surface area contributed by atoms with Crippen molar-refractivity contribution in [1.82, 2.24) is 0 Å². The Morgan fingerprint density at radius 3 is 2.52 bits per heavy atom. The summed E-state index contributed by atoms with van der Waals surface area (Å²) in [5, 5.41) is 21.3. The van der Waals surface area contributed by atoms with Gasteiger partial charge in [0.05, 0.1) is 5.41 Å². The Kier molecular flexibility index (Phi) is 3.74. The number of phenolic OH excluding ortho intramolecular Hbond substituents is 2. The van der Waals surface area contributed by atoms with Crippen LogP contribution in [0.4, 0.5) is 0 Å². The topological polar surface area (TPSA) is 57.5 Å². The second-order valence-corrected chi connectivity index (χ2v) is 8.44. The summed E-state index contributed by atoms with van der Waals surface area (Å²) >= 11 is 0. The fraction of sp³-hybridized carbons (Fsp3) is 0.650. The van der Waals surface area contributed by atoms with E-state index in [4.69, 9.17) is 0 Å². The van der Waals surface area contributed by atoms with E-state index in [-0.39, 0.29) is 28.7 Å². The van der Waals surface area contributed by atoms with Gasteiger partial charge in [0.1, 0.15) is 6.29 Å². The Hall–Kier alpha value is -1.51. The van der Waals surface area contributed by atoms with Crippen molar-refractivity contribution in [1.29, 1.82) is 0 Å². The molecule has 2 atom stereocenters. The predicted molar refractivity (Wildman–Crippen MR) is 91.0 cm³/mol. The molecule has 0 radical (unpaired) electrons. The molecule has 0 spiro atoms. The molecule has 2 N–H and O–H groups in total. The lowest BCUT2D eigenvalue weighted by Gasteiger charge is -2.53. The standard InChI is InChI=1S/C20H28O3/c1-12(2)14-10-13-6-7-15-19(3,4)8-5-9-20(15,11-21)16(13)18(23)17(14)22/h10-12,15,22-23H,5-9H2,1-4H3/t15-,20+/m0/s1. The number of hydrogen-bond acceptors (Lipinski definition) is 3. The highest BCUT2D eigenvalue weighted by Crippen LogP contribution is 2.59. The van der Waals surface area contributed by atoms with Gasteiger partial charge in [0.2, 0.25) is 0 Å². The molecule has 0 bridgehead atoms. The molecule has 0 unspecified atom stereocenters. The summed E-state index contributed by atoms with van der Waals surface area (Å²) in [6.45, 7) is 8.48. The third kappa shape index (κ3) is 2.20. The monoisotopic (exact) mass is 316 g/mol. The first-order chi connectivity index (χ1) is 10.7. The van der Waals surface area contributed by atoms with Crippen LogP contribution in [-0.2, 0) is 16.6 Å². The molecular formula is C20H28O3. The van der Waals surface area contributed by atoms with Crippen LogP contribution in [-0.4, -0.2) is 16.5 Å². The molecule has 1 aromatic rings. The van der Waals surface area contributed by atoms with Gasteiger partial charge in [-0.3, -0.25) is 0 Å². The molecule has 0 saturated heterocycles. The van der Waals surface area contributed by atoms with Crippen LogP contribution in [0.3, 0.4) is 0 Å². The predicted octanol–water partition coefficient (Wildman–Crippen LogP) is 4.43. The number of fused-ring (bicyclic) bond motifs is 3. The van der Waals surface area contributed by atoms with Gasteiger partial charge >= 0.3 is 0 Å². The Morgan fingerprint density at radius 1 is 1.22 bits per heavy atom. The zero-order chi connectivity index (χ0) is 17.0. The highest BCUT2D eigenvalue weighted by atomic mass is 16.3. The summed E-state index contributed by atoms with van der Waals surface area (Å²) < 4.78 is 0. The summed E-state index contributed by atoms with van der Waals surface area (Å²) in [6.07, 6.45) is 5.76. The van der Waals surface area contributed by atoms with E-state index in [0.29, 0.717) is 5.56 Å². The summed E-state index contributed by atoms with van der Waals surface area (Å²) in [6, 6.07) is 2.01. The number of carbonyl (C=O) groups is 1. The van der Waals surface area contributed by atoms with E-state index in [9.17, 15) is 15.0 Å². The largest absolute Gasteiger partial charge is 0.504 e. The molecule has 0 amide bonds. The lowest BCUT2D eigenvalue weighted by Crippen LogP contribution is -2.50. The number of benzene rings is 1. The highest BCUT2D eigenvalue weighted by Gasteiger charge is 2.54. The molecule has 1 aromatic carbocycles. The molecule has 126 valence electrons. The maximum Gasteiger partial charge on any atom is 0.162 e. The van der Waals surface area contributed by atoms with Gasteiger partial charge in [0, 0.05) is 11.1 Å². The number of aryl methyl sites for hydroxylation is 1. The van der Waals surface area contributed by atoms with Crippen molar-refractivity contribution in [2.24, 2.45) is 11.3 Å². The molecule has 0 aliphatic heterocycles. The number of rotatable bonds is 2. The zero-order valence-electron chi connectivity index (χ0n) is 14.6. The van der Waals surface area contributed by atoms with Gasteiger partial charge in [0.15, 0.2) is 11.5 Å². The van der Waals surface area contributed by atoms with E-state index in [1.165, 1.54) is 0 Å². The van der Waals surface area contributed by atoms with Gasteiger partial charge in [-0.05, 0) is 48.5 Å². The van der Waals surface area contributed by atoms with E-state index >= 15 is 0 Å². The van der Waals surface area contributed by atoms with Crippen LogP contribution in [0, 0.1) is 11.3 Å². The van der Waals surface area contributed by atoms with E-state index < -0.39 is 5.41 Å². The quantitative estimate of drug-likeness (QED) is 0.627. The van der Waals surface area contributed by atoms with Crippen molar-refractivity contribution in [2.45, 2.75) is 71.1 Å². The molecule has 3 heteroatoms. The molecule has 1 saturated carbocycles. The number of aromatic hydroxyl groups is 2. The summed E-state index contributed by atoms with van der Waals surface area (Å²) in [4.78, 5) is 12.3. The first-order valence-electron chi connectivity index (χ1n) is 8.79. The third-order valence-corrected chi connectivity index (χ3v) is 6.36. The van der Waals surface area contributed by atoms with Crippen molar-refractivity contribution in [3.05, 3.63) is 22.8 Å². The Bertz CT molecular complexity index is 645. The first-order valence-corrected chi connectivity index (χ1v) is 8.79. The van der Waals surface area contributed by atoms with Crippen molar-refractivity contribution in [3.63, 3.8) is 0 Å². The summed E-state index contributed by atoms with van der Waals surface area (Å²) in [5.41, 5.74) is 1.96. The number of hydrogen-bond donors (Lipinski definition) is 2. The zero-order valence-corrected chi connectivity index (χ0v) is 14.6. The van der Waals surface area contributed by atoms with Crippen LogP contribution in [0.1, 0.15) is 76.0 Å². The van der Waals surface area contributed by atoms with Crippen LogP contribution >= 0.6 is 0 Å². The van der Waals surface area contributed by atoms with Gasteiger partial charge in [-0.2, -0.15) is 0 Å². The number of phenols is 2. The van der Waals surface area contributed by atoms with Crippen LogP contribution in [0.25, 0.3) is 0 Å². The molecule has 0 heterocycles. The van der Waals surface area contributed by atoms with Gasteiger partial charge in [-0.15, -0.1) is 0 Å². The number of carbonyl (C=O) groups excluding carboxylic acids is 1. The Morgan fingerprint density at radius 2 is 1.91 bits per heavy atom. The first kappa shape index (κ1) is 16.4. The lowest BCUT2D eigenvalue weighted by atomic mass is 9.50. The average molecular weight is 316 g/mol. The minimum absolute atomic E-state index is 0.0380. The Labute approximate surface area is 138 Å². The van der Waals surface area contributed by atoms with Crippen LogP contribution < -0.4 is 0 Å². The fourth-order valence-corrected chi connectivity index (χ4v) is 5.22. The van der Waals surface area contributed by atoms with E-state index in [1.54, 1.807) is 0 Å². The van der Waals surface area contributed by atoms with E-state index in [2.05, 4.69) is 13.8 Å². The van der Waals surface area contributed by atoms with E-state index in [0.717, 1.165) is 49.5 Å². The summed E-state index contributed by atoms with van der Waals surface area (Å²) in [5.74, 6) is 0.271. The average Bonchev–Trinajstić information content (AvgIpc) is 2.49. The maximum atomic E-state index is 12.3. The molecule has 3 nitrogen and oxygen atoms in total. The highest BCUT2D eigenvalue weighted by molar-refractivity contribution is 5.76. The lowest BCUT2D eigenvalue weighted by molar-refractivity contribution is -0.120. The minimum atomic E-state index is -0.646. The minimum Gasteiger partial charge on any atom is -0.504 e. The van der Waals surface area contributed by atoms with Crippen LogP contribution in [0.15, 0.2) is 6.07 Å². The molecule has 2 aliphatic rings. The van der Waals surface area contributed by atoms with Crippen molar-refractivity contribution in [2.75, 3.05) is 0 Å². The molecule has 1 fully saturated rings. The number of aldehydes is 1. The molecule has 0 aromatic heterocycles. The van der Waals surface area contributed by atoms with Gasteiger partial charge in [-0.25, -0.2) is 0 Å². The SMILES string of the molecule is CC(C)c1cc2c(c(O)c1O)[C@@]1(C=O)CCCC(C)(C)[C@@H]1CC2. The van der Waals surface area contributed by atoms with E-state index in [1.807, 2.05) is 19.9 Å². The molecule has 3 rings (SSSR count). The van der Waals surface area contributed by atoms with Crippen molar-refractivity contribution < 1.29 is 15.0 Å². The normalized spacial score (nSPS) is 29.0. The second kappa shape index (κ2) is 5.25. The third-order valence-electron chi connectivity index (χ3n) is 6.36. The smallest absolute Gasteiger partial charge is 0.162 e. The molecule has 2 aliphatic carbocycles. The van der Waals surface area contributed by atoms with Crippen LogP contribution in [0.2, 0.25) is 0 Å². The molecular weight excluding hydrogens is 288 g/mol. The van der Waals surface area contributed by atoms with Gasteiger partial charge in [-0.1, -0.05) is 40.2 Å². The van der Waals surface area contributed by atoms with Gasteiger partial charge < -0.3 is 15.0 Å². The summed E-state index contributed by atoms with van der Waals surface area (Å²) in [7, 11) is 0. The second-order valence-electron chi connectivity index (χ2n) is 8.44.